The molecule has 0 atom stereocenters. The topological polar surface area (TPSA) is 37.3 Å². The van der Waals surface area contributed by atoms with Crippen molar-refractivity contribution in [3.63, 3.8) is 0 Å². The van der Waals surface area contributed by atoms with E-state index in [4.69, 9.17) is 0 Å². The molecule has 1 fully saturated rings. The van der Waals surface area contributed by atoms with Gasteiger partial charge in [-0.2, -0.15) is 0 Å². The van der Waals surface area contributed by atoms with E-state index >= 15 is 0 Å². The number of nitrogens with zero attached hydrogens (tertiary/aromatic N) is 2. The molecule has 1 aliphatic rings. The maximum absolute atomic E-state index is 11.6. The number of nitrogens with one attached hydrogen (secondary N) is 1. The van der Waals surface area contributed by atoms with E-state index < -0.39 is 0 Å². The number of hydrogen-bond acceptors (Lipinski definition) is 3. The van der Waals surface area contributed by atoms with Crippen molar-refractivity contribution in [1.82, 2.24) is 9.88 Å². The van der Waals surface area contributed by atoms with Gasteiger partial charge in [-0.3, -0.25) is 4.79 Å². The van der Waals surface area contributed by atoms with E-state index in [0.717, 1.165) is 31.9 Å². The molecule has 1 saturated heterocycles. The molecule has 88 valence electrons. The van der Waals surface area contributed by atoms with Gasteiger partial charge in [-0.05, 0) is 19.9 Å². The molecule has 0 saturated carbocycles. The van der Waals surface area contributed by atoms with Gasteiger partial charge in [0.25, 0.3) is 5.56 Å². The van der Waals surface area contributed by atoms with Crippen LogP contribution in [0.3, 0.4) is 0 Å². The summed E-state index contributed by atoms with van der Waals surface area (Å²) >= 11 is 0. The Morgan fingerprint density at radius 3 is 2.56 bits per heavy atom. The fourth-order valence-electron chi connectivity index (χ4n) is 2.01. The zero-order valence-corrected chi connectivity index (χ0v) is 9.94. The Morgan fingerprint density at radius 1 is 1.25 bits per heavy atom. The van der Waals surface area contributed by atoms with Crippen LogP contribution in [0.2, 0.25) is 0 Å². The summed E-state index contributed by atoms with van der Waals surface area (Å²) in [6.07, 6.45) is 1.97. The van der Waals surface area contributed by atoms with Gasteiger partial charge in [0.1, 0.15) is 0 Å². The molecule has 1 N–H and O–H groups in total. The molecule has 0 radical (unpaired) electrons. The molecular weight excluding hydrogens is 202 g/mol. The molecule has 0 bridgehead atoms. The van der Waals surface area contributed by atoms with Gasteiger partial charge in [0, 0.05) is 44.5 Å². The van der Waals surface area contributed by atoms with Gasteiger partial charge in [0.15, 0.2) is 0 Å². The Kier molecular flexibility index (Phi) is 3.29. The lowest BCUT2D eigenvalue weighted by molar-refractivity contribution is 0.564. The number of piperazine rings is 1. The molecule has 4 heteroatoms. The maximum Gasteiger partial charge on any atom is 0.250 e. The zero-order valence-electron chi connectivity index (χ0n) is 9.94. The average Bonchev–Trinajstić information content (AvgIpc) is 2.30. The normalized spacial score (nSPS) is 16.8. The van der Waals surface area contributed by atoms with Gasteiger partial charge in [-0.1, -0.05) is 0 Å². The highest BCUT2D eigenvalue weighted by molar-refractivity contribution is 5.44. The van der Waals surface area contributed by atoms with Crippen LogP contribution in [0.25, 0.3) is 0 Å². The van der Waals surface area contributed by atoms with Crippen LogP contribution < -0.4 is 15.8 Å². The largest absolute Gasteiger partial charge is 0.368 e. The second kappa shape index (κ2) is 4.70. The van der Waals surface area contributed by atoms with Crippen molar-refractivity contribution < 1.29 is 0 Å². The Morgan fingerprint density at radius 2 is 1.94 bits per heavy atom. The summed E-state index contributed by atoms with van der Waals surface area (Å²) in [5.74, 6) is 0. The minimum atomic E-state index is 0.0777. The third-order valence-electron chi connectivity index (χ3n) is 2.96. The Labute approximate surface area is 95.9 Å². The van der Waals surface area contributed by atoms with Gasteiger partial charge in [-0.15, -0.1) is 0 Å². The predicted octanol–water partition coefficient (Wildman–Crippen LogP) is 0.839. The molecule has 0 aromatic carbocycles. The molecule has 2 heterocycles. The highest BCUT2D eigenvalue weighted by atomic mass is 16.1. The van der Waals surface area contributed by atoms with Crippen molar-refractivity contribution in [3.8, 4) is 0 Å². The van der Waals surface area contributed by atoms with E-state index in [0.29, 0.717) is 0 Å². The average molecular weight is 221 g/mol. The Bertz CT molecular complexity index is 405. The first-order chi connectivity index (χ1) is 7.68. The van der Waals surface area contributed by atoms with Crippen molar-refractivity contribution in [2.45, 2.75) is 19.9 Å². The van der Waals surface area contributed by atoms with Crippen LogP contribution in [0, 0.1) is 0 Å². The number of pyridine rings is 1. The van der Waals surface area contributed by atoms with Crippen LogP contribution in [-0.4, -0.2) is 30.7 Å². The summed E-state index contributed by atoms with van der Waals surface area (Å²) in [6, 6.07) is 3.81. The van der Waals surface area contributed by atoms with E-state index in [1.165, 1.54) is 0 Å². The van der Waals surface area contributed by atoms with Crippen molar-refractivity contribution in [2.75, 3.05) is 31.1 Å². The number of aromatic nitrogens is 1. The second-order valence-corrected chi connectivity index (χ2v) is 4.46. The van der Waals surface area contributed by atoms with Gasteiger partial charge in [0.2, 0.25) is 0 Å². The van der Waals surface area contributed by atoms with E-state index in [-0.39, 0.29) is 11.6 Å². The van der Waals surface area contributed by atoms with Crippen LogP contribution in [0.5, 0.6) is 0 Å². The molecular formula is C12H19N3O. The fraction of sp³-hybridized carbons (Fsp3) is 0.583. The predicted molar refractivity (Wildman–Crippen MR) is 66.2 cm³/mol. The first kappa shape index (κ1) is 11.2. The van der Waals surface area contributed by atoms with E-state index in [1.54, 1.807) is 10.6 Å². The number of anilines is 1. The summed E-state index contributed by atoms with van der Waals surface area (Å²) in [6.45, 7) is 8.11. The molecule has 16 heavy (non-hydrogen) atoms. The summed E-state index contributed by atoms with van der Waals surface area (Å²) in [5, 5.41) is 3.32. The lowest BCUT2D eigenvalue weighted by atomic mass is 10.3. The monoisotopic (exact) mass is 221 g/mol. The maximum atomic E-state index is 11.6. The van der Waals surface area contributed by atoms with Crippen molar-refractivity contribution in [3.05, 3.63) is 28.7 Å². The highest BCUT2D eigenvalue weighted by Gasteiger charge is 2.11. The van der Waals surface area contributed by atoms with Crippen molar-refractivity contribution in [1.29, 1.82) is 0 Å². The zero-order chi connectivity index (χ0) is 11.5. The van der Waals surface area contributed by atoms with Crippen molar-refractivity contribution >= 4 is 5.69 Å². The van der Waals surface area contributed by atoms with Gasteiger partial charge in [0.05, 0.1) is 5.69 Å². The first-order valence-corrected chi connectivity index (χ1v) is 5.86. The highest BCUT2D eigenvalue weighted by Crippen LogP contribution is 2.14. The minimum absolute atomic E-state index is 0.0777. The second-order valence-electron chi connectivity index (χ2n) is 4.46. The van der Waals surface area contributed by atoms with Crippen LogP contribution >= 0.6 is 0 Å². The van der Waals surface area contributed by atoms with Gasteiger partial charge in [-0.25, -0.2) is 0 Å². The molecule has 0 unspecified atom stereocenters. The van der Waals surface area contributed by atoms with E-state index in [2.05, 4.69) is 10.2 Å². The van der Waals surface area contributed by atoms with Crippen LogP contribution in [-0.2, 0) is 0 Å². The Balaban J connectivity index is 2.27. The third kappa shape index (κ3) is 2.27. The van der Waals surface area contributed by atoms with Gasteiger partial charge < -0.3 is 14.8 Å². The molecule has 0 amide bonds. The third-order valence-corrected chi connectivity index (χ3v) is 2.96. The quantitative estimate of drug-likeness (QED) is 0.804. The van der Waals surface area contributed by atoms with E-state index in [1.807, 2.05) is 26.1 Å². The molecule has 4 nitrogen and oxygen atoms in total. The SMILES string of the molecule is CC(C)n1cc(N2CCNCC2)ccc1=O. The summed E-state index contributed by atoms with van der Waals surface area (Å²) in [7, 11) is 0. The lowest BCUT2D eigenvalue weighted by Crippen LogP contribution is -2.43. The van der Waals surface area contributed by atoms with Crippen LogP contribution in [0.1, 0.15) is 19.9 Å². The fourth-order valence-corrected chi connectivity index (χ4v) is 2.01. The van der Waals surface area contributed by atoms with Crippen LogP contribution in [0.4, 0.5) is 5.69 Å². The molecule has 1 aliphatic heterocycles. The lowest BCUT2D eigenvalue weighted by Gasteiger charge is -2.30. The molecule has 1 aromatic heterocycles. The minimum Gasteiger partial charge on any atom is -0.368 e. The Hall–Kier alpha value is -1.29. The van der Waals surface area contributed by atoms with Crippen molar-refractivity contribution in [2.24, 2.45) is 0 Å². The summed E-state index contributed by atoms with van der Waals surface area (Å²) < 4.78 is 1.79. The smallest absolute Gasteiger partial charge is 0.250 e. The molecule has 0 aliphatic carbocycles. The molecule has 1 aromatic rings. The molecule has 0 spiro atoms. The number of hydrogen-bond donors (Lipinski definition) is 1. The first-order valence-electron chi connectivity index (χ1n) is 5.86. The summed E-state index contributed by atoms with van der Waals surface area (Å²) in [5.41, 5.74) is 1.23. The van der Waals surface area contributed by atoms with Crippen LogP contribution in [0.15, 0.2) is 23.1 Å². The molecule has 2 rings (SSSR count). The van der Waals surface area contributed by atoms with E-state index in [9.17, 15) is 4.79 Å². The number of rotatable bonds is 2. The van der Waals surface area contributed by atoms with Gasteiger partial charge >= 0.3 is 0 Å². The standard InChI is InChI=1S/C12H19N3O/c1-10(2)15-9-11(3-4-12(15)16)14-7-5-13-6-8-14/h3-4,9-10,13H,5-8H2,1-2H3. The summed E-state index contributed by atoms with van der Waals surface area (Å²) in [4.78, 5) is 13.9.